The summed E-state index contributed by atoms with van der Waals surface area (Å²) in [6.45, 7) is 4.09. The van der Waals surface area contributed by atoms with Crippen molar-refractivity contribution in [2.24, 2.45) is 0 Å². The van der Waals surface area contributed by atoms with Crippen LogP contribution in [0.4, 0.5) is 0 Å². The zero-order chi connectivity index (χ0) is 13.8. The number of benzene rings is 2. The van der Waals surface area contributed by atoms with E-state index in [0.29, 0.717) is 0 Å². The Balaban J connectivity index is 2.44. The van der Waals surface area contributed by atoms with Crippen LogP contribution in [0, 0.1) is 13.8 Å². The van der Waals surface area contributed by atoms with E-state index in [0.717, 1.165) is 10.6 Å². The van der Waals surface area contributed by atoms with Gasteiger partial charge in [-0.3, -0.25) is 4.79 Å². The predicted molar refractivity (Wildman–Crippen MR) is 84.3 cm³/mol. The Bertz CT molecular complexity index is 515. The van der Waals surface area contributed by atoms with E-state index in [1.165, 1.54) is 11.1 Å². The van der Waals surface area contributed by atoms with Crippen LogP contribution >= 0.6 is 19.5 Å². The lowest BCUT2D eigenvalue weighted by Crippen LogP contribution is -2.19. The van der Waals surface area contributed by atoms with E-state index in [4.69, 9.17) is 11.6 Å². The maximum atomic E-state index is 12.2. The minimum Gasteiger partial charge on any atom is -0.293 e. The Morgan fingerprint density at radius 3 is 1.58 bits per heavy atom. The van der Waals surface area contributed by atoms with Crippen molar-refractivity contribution in [1.82, 2.24) is 0 Å². The van der Waals surface area contributed by atoms with Crippen LogP contribution in [0.3, 0.4) is 0 Å². The molecule has 0 aliphatic heterocycles. The Kier molecular flexibility index (Phi) is 4.74. The first-order chi connectivity index (χ1) is 9.11. The Morgan fingerprint density at radius 1 is 0.895 bits per heavy atom. The molecule has 0 saturated heterocycles. The minimum atomic E-state index is -1.01. The SMILES string of the molecule is Cc1ccc(P(C(=O)CCl)c2ccc(C)cc2)cc1. The number of aryl methyl sites for hydroxylation is 2. The zero-order valence-electron chi connectivity index (χ0n) is 11.1. The van der Waals surface area contributed by atoms with Gasteiger partial charge < -0.3 is 0 Å². The predicted octanol–water partition coefficient (Wildman–Crippen LogP) is 3.50. The number of hydrogen-bond acceptors (Lipinski definition) is 1. The first-order valence-electron chi connectivity index (χ1n) is 6.14. The number of hydrogen-bond donors (Lipinski definition) is 0. The zero-order valence-corrected chi connectivity index (χ0v) is 12.7. The summed E-state index contributed by atoms with van der Waals surface area (Å²) in [7, 11) is -1.01. The Hall–Kier alpha value is -1.17. The summed E-state index contributed by atoms with van der Waals surface area (Å²) in [5.74, 6) is 0.0630. The van der Waals surface area contributed by atoms with E-state index in [-0.39, 0.29) is 11.4 Å². The molecule has 2 rings (SSSR count). The summed E-state index contributed by atoms with van der Waals surface area (Å²) in [4.78, 5) is 12.2. The third kappa shape index (κ3) is 3.43. The highest BCUT2D eigenvalue weighted by atomic mass is 35.5. The molecule has 2 aromatic carbocycles. The second kappa shape index (κ2) is 6.32. The summed E-state index contributed by atoms with van der Waals surface area (Å²) in [5, 5.41) is 2.13. The number of carbonyl (C=O) groups excluding carboxylic acids is 1. The van der Waals surface area contributed by atoms with E-state index >= 15 is 0 Å². The second-order valence-corrected chi connectivity index (χ2v) is 7.00. The van der Waals surface area contributed by atoms with Crippen molar-refractivity contribution in [3.63, 3.8) is 0 Å². The van der Waals surface area contributed by atoms with Crippen molar-refractivity contribution in [1.29, 1.82) is 0 Å². The Morgan fingerprint density at radius 2 is 1.26 bits per heavy atom. The Labute approximate surface area is 120 Å². The second-order valence-electron chi connectivity index (χ2n) is 4.53. The van der Waals surface area contributed by atoms with E-state index < -0.39 is 7.92 Å². The molecule has 0 unspecified atom stereocenters. The van der Waals surface area contributed by atoms with E-state index in [1.54, 1.807) is 0 Å². The van der Waals surface area contributed by atoms with Gasteiger partial charge >= 0.3 is 0 Å². The van der Waals surface area contributed by atoms with E-state index in [1.807, 2.05) is 62.4 Å². The molecule has 2 aromatic rings. The quantitative estimate of drug-likeness (QED) is 0.622. The van der Waals surface area contributed by atoms with Crippen LogP contribution in [0.25, 0.3) is 0 Å². The molecule has 1 nitrogen and oxygen atoms in total. The van der Waals surface area contributed by atoms with Gasteiger partial charge in [-0.2, -0.15) is 0 Å². The highest BCUT2D eigenvalue weighted by Gasteiger charge is 2.21. The third-order valence-electron chi connectivity index (χ3n) is 2.95. The summed E-state index contributed by atoms with van der Waals surface area (Å²) in [6.07, 6.45) is 0. The van der Waals surface area contributed by atoms with Gasteiger partial charge in [0.2, 0.25) is 0 Å². The maximum Gasteiger partial charge on any atom is 0.177 e. The van der Waals surface area contributed by atoms with E-state index in [2.05, 4.69) is 0 Å². The molecule has 0 aliphatic carbocycles. The summed E-state index contributed by atoms with van der Waals surface area (Å²) in [5.41, 5.74) is 2.49. The minimum absolute atomic E-state index is 0.0630. The average molecular weight is 291 g/mol. The van der Waals surface area contributed by atoms with Crippen LogP contribution in [-0.2, 0) is 4.79 Å². The van der Waals surface area contributed by atoms with Crippen molar-refractivity contribution in [3.05, 3.63) is 59.7 Å². The molecule has 0 saturated carbocycles. The van der Waals surface area contributed by atoms with Gasteiger partial charge in [-0.05, 0) is 24.5 Å². The highest BCUT2D eigenvalue weighted by Crippen LogP contribution is 2.35. The molecule has 0 amide bonds. The first-order valence-corrected chi connectivity index (χ1v) is 8.01. The van der Waals surface area contributed by atoms with Crippen molar-refractivity contribution in [3.8, 4) is 0 Å². The van der Waals surface area contributed by atoms with Gasteiger partial charge in [-0.1, -0.05) is 59.7 Å². The van der Waals surface area contributed by atoms with Gasteiger partial charge in [-0.15, -0.1) is 11.6 Å². The molecule has 0 aromatic heterocycles. The third-order valence-corrected chi connectivity index (χ3v) is 5.66. The number of rotatable bonds is 4. The monoisotopic (exact) mass is 290 g/mol. The summed E-state index contributed by atoms with van der Waals surface area (Å²) >= 11 is 5.78. The van der Waals surface area contributed by atoms with Gasteiger partial charge in [0, 0.05) is 7.92 Å². The largest absolute Gasteiger partial charge is 0.293 e. The van der Waals surface area contributed by atoms with Crippen molar-refractivity contribution < 1.29 is 4.79 Å². The topological polar surface area (TPSA) is 17.1 Å². The van der Waals surface area contributed by atoms with E-state index in [9.17, 15) is 4.79 Å². The molecule has 0 aliphatic rings. The average Bonchev–Trinajstić information content (AvgIpc) is 2.43. The molecule has 19 heavy (non-hydrogen) atoms. The maximum absolute atomic E-state index is 12.2. The molecule has 0 bridgehead atoms. The normalized spacial score (nSPS) is 10.7. The molecule has 3 heteroatoms. The van der Waals surface area contributed by atoms with Crippen LogP contribution < -0.4 is 10.6 Å². The fourth-order valence-electron chi connectivity index (χ4n) is 1.88. The standard InChI is InChI=1S/C16H16ClOP/c1-12-3-7-14(8-4-12)19(16(18)11-17)15-9-5-13(2)6-10-15/h3-10H,11H2,1-2H3. The molecule has 0 heterocycles. The fourth-order valence-corrected chi connectivity index (χ4v) is 4.13. The summed E-state index contributed by atoms with van der Waals surface area (Å²) in [6, 6.07) is 16.3. The molecule has 98 valence electrons. The lowest BCUT2D eigenvalue weighted by molar-refractivity contribution is -0.109. The van der Waals surface area contributed by atoms with Gasteiger partial charge in [0.05, 0.1) is 5.88 Å². The van der Waals surface area contributed by atoms with Gasteiger partial charge in [0.25, 0.3) is 0 Å². The smallest absolute Gasteiger partial charge is 0.177 e. The van der Waals surface area contributed by atoms with Crippen molar-refractivity contribution in [2.45, 2.75) is 13.8 Å². The molecule has 0 N–H and O–H groups in total. The molecule has 0 spiro atoms. The van der Waals surface area contributed by atoms with Gasteiger partial charge in [-0.25, -0.2) is 0 Å². The summed E-state index contributed by atoms with van der Waals surface area (Å²) < 4.78 is 0. The van der Waals surface area contributed by atoms with Gasteiger partial charge in [0.1, 0.15) is 0 Å². The molecular formula is C16H16ClOP. The van der Waals surface area contributed by atoms with Crippen LogP contribution in [0.2, 0.25) is 0 Å². The van der Waals surface area contributed by atoms with Crippen molar-refractivity contribution >= 4 is 35.7 Å². The van der Waals surface area contributed by atoms with Crippen LogP contribution in [-0.4, -0.2) is 11.4 Å². The molecule has 0 fully saturated rings. The highest BCUT2D eigenvalue weighted by molar-refractivity contribution is 7.88. The fraction of sp³-hybridized carbons (Fsp3) is 0.188. The van der Waals surface area contributed by atoms with Crippen LogP contribution in [0.15, 0.2) is 48.5 Å². The first kappa shape index (κ1) is 14.2. The number of alkyl halides is 1. The molecular weight excluding hydrogens is 275 g/mol. The lowest BCUT2D eigenvalue weighted by Gasteiger charge is -2.16. The van der Waals surface area contributed by atoms with Crippen LogP contribution in [0.5, 0.6) is 0 Å². The molecule has 0 atom stereocenters. The van der Waals surface area contributed by atoms with Gasteiger partial charge in [0.15, 0.2) is 5.52 Å². The molecule has 0 radical (unpaired) electrons. The number of halogens is 1. The number of carbonyl (C=O) groups is 1. The van der Waals surface area contributed by atoms with Crippen molar-refractivity contribution in [2.75, 3.05) is 5.88 Å². The lowest BCUT2D eigenvalue weighted by atomic mass is 10.2. The van der Waals surface area contributed by atoms with Crippen LogP contribution in [0.1, 0.15) is 11.1 Å².